The number of hydrogen-bond acceptors (Lipinski definition) is 3. The van der Waals surface area contributed by atoms with Gasteiger partial charge in [-0.3, -0.25) is 9.36 Å². The molecule has 0 unspecified atom stereocenters. The van der Waals surface area contributed by atoms with Crippen LogP contribution in [0, 0.1) is 0 Å². The summed E-state index contributed by atoms with van der Waals surface area (Å²) >= 11 is 0. The number of carbonyl (C=O) groups excluding carboxylic acids is 1. The predicted octanol–water partition coefficient (Wildman–Crippen LogP) is 6.44. The van der Waals surface area contributed by atoms with Crippen LogP contribution < -0.4 is 0 Å². The van der Waals surface area contributed by atoms with Crippen molar-refractivity contribution in [3.63, 3.8) is 0 Å². The van der Waals surface area contributed by atoms with Crippen molar-refractivity contribution in [2.24, 2.45) is 0 Å². The molecule has 0 aliphatic carbocycles. The van der Waals surface area contributed by atoms with Gasteiger partial charge in [-0.15, -0.1) is 0 Å². The zero-order valence-corrected chi connectivity index (χ0v) is 17.7. The number of fused-ring (bicyclic) bond motifs is 1. The lowest BCUT2D eigenvalue weighted by Crippen LogP contribution is -1.98. The van der Waals surface area contributed by atoms with E-state index in [0.29, 0.717) is 6.42 Å². The van der Waals surface area contributed by atoms with Crippen molar-refractivity contribution in [2.45, 2.75) is 25.7 Å². The van der Waals surface area contributed by atoms with Crippen molar-refractivity contribution in [1.82, 2.24) is 9.55 Å². The van der Waals surface area contributed by atoms with Gasteiger partial charge in [0.25, 0.3) is 0 Å². The van der Waals surface area contributed by atoms with Crippen molar-refractivity contribution in [3.05, 3.63) is 90.5 Å². The Morgan fingerprint density at radius 3 is 2.45 bits per heavy atom. The van der Waals surface area contributed by atoms with Crippen LogP contribution in [0.4, 0.5) is 0 Å². The van der Waals surface area contributed by atoms with Crippen molar-refractivity contribution in [2.75, 3.05) is 7.11 Å². The number of hydrogen-bond donors (Lipinski definition) is 0. The van der Waals surface area contributed by atoms with Crippen molar-refractivity contribution in [1.29, 1.82) is 0 Å². The molecule has 1 aromatic heterocycles. The third-order valence-corrected chi connectivity index (χ3v) is 5.26. The molecule has 4 heteroatoms. The molecule has 0 bridgehead atoms. The number of unbranched alkanes of at least 4 members (excludes halogenated alkanes) is 2. The number of allylic oxidation sites excluding steroid dienone is 1. The monoisotopic (exact) mass is 410 g/mol. The Morgan fingerprint density at radius 2 is 1.71 bits per heavy atom. The molecule has 0 amide bonds. The third-order valence-electron chi connectivity index (χ3n) is 5.26. The highest BCUT2D eigenvalue weighted by Gasteiger charge is 2.14. The second-order valence-corrected chi connectivity index (χ2v) is 7.44. The topological polar surface area (TPSA) is 44.1 Å². The molecule has 0 aliphatic heterocycles. The van der Waals surface area contributed by atoms with Crippen LogP contribution in [0.5, 0.6) is 0 Å². The maximum atomic E-state index is 11.2. The van der Waals surface area contributed by atoms with Crippen LogP contribution >= 0.6 is 0 Å². The first-order valence-corrected chi connectivity index (χ1v) is 10.6. The van der Waals surface area contributed by atoms with E-state index in [4.69, 9.17) is 4.98 Å². The summed E-state index contributed by atoms with van der Waals surface area (Å²) in [6, 6.07) is 27.0. The normalized spacial score (nSPS) is 11.3. The number of carbonyl (C=O) groups is 1. The molecule has 0 fully saturated rings. The fraction of sp³-hybridized carbons (Fsp3) is 0.185. The second-order valence-electron chi connectivity index (χ2n) is 7.44. The summed E-state index contributed by atoms with van der Waals surface area (Å²) in [5.74, 6) is 0.795. The van der Waals surface area contributed by atoms with Gasteiger partial charge < -0.3 is 4.74 Å². The van der Waals surface area contributed by atoms with Crippen LogP contribution in [0.25, 0.3) is 34.2 Å². The van der Waals surface area contributed by atoms with E-state index in [1.165, 1.54) is 7.11 Å². The SMILES string of the molecule is COC(=O)CCCCC=Cc1ccc2nc(-c3ccccc3)n(-c3ccccc3)c2c1. The molecule has 4 rings (SSSR count). The number of nitrogens with zero attached hydrogens (tertiary/aromatic N) is 2. The lowest BCUT2D eigenvalue weighted by atomic mass is 10.1. The van der Waals surface area contributed by atoms with E-state index >= 15 is 0 Å². The number of imidazole rings is 1. The van der Waals surface area contributed by atoms with Crippen LogP contribution in [0.15, 0.2) is 84.9 Å². The minimum absolute atomic E-state index is 0.141. The number of methoxy groups -OCH3 is 1. The van der Waals surface area contributed by atoms with Gasteiger partial charge in [0.05, 0.1) is 18.1 Å². The van der Waals surface area contributed by atoms with E-state index in [-0.39, 0.29) is 5.97 Å². The number of ether oxygens (including phenoxy) is 1. The Hall–Kier alpha value is -3.66. The summed E-state index contributed by atoms with van der Waals surface area (Å²) in [5, 5.41) is 0. The summed E-state index contributed by atoms with van der Waals surface area (Å²) in [5.41, 5.74) is 5.37. The average Bonchev–Trinajstić information content (AvgIpc) is 3.21. The molecule has 1 heterocycles. The van der Waals surface area contributed by atoms with Crippen LogP contribution in [0.2, 0.25) is 0 Å². The molecule has 4 aromatic rings. The Bertz CT molecular complexity index is 1180. The van der Waals surface area contributed by atoms with E-state index in [2.05, 4.69) is 63.9 Å². The fourth-order valence-electron chi connectivity index (χ4n) is 3.67. The minimum atomic E-state index is -0.141. The zero-order chi connectivity index (χ0) is 21.5. The second kappa shape index (κ2) is 9.90. The van der Waals surface area contributed by atoms with Crippen molar-refractivity contribution >= 4 is 23.1 Å². The minimum Gasteiger partial charge on any atom is -0.469 e. The summed E-state index contributed by atoms with van der Waals surface area (Å²) in [7, 11) is 1.43. The van der Waals surface area contributed by atoms with Gasteiger partial charge in [-0.2, -0.15) is 0 Å². The third kappa shape index (κ3) is 4.92. The summed E-state index contributed by atoms with van der Waals surface area (Å²) < 4.78 is 6.90. The van der Waals surface area contributed by atoms with Crippen LogP contribution in [0.1, 0.15) is 31.2 Å². The van der Waals surface area contributed by atoms with Gasteiger partial charge in [-0.25, -0.2) is 4.98 Å². The molecular weight excluding hydrogens is 384 g/mol. The molecule has 4 nitrogen and oxygen atoms in total. The summed E-state index contributed by atoms with van der Waals surface area (Å²) in [6.07, 6.45) is 7.53. The molecule has 0 saturated heterocycles. The molecule has 0 aliphatic rings. The zero-order valence-electron chi connectivity index (χ0n) is 17.7. The number of esters is 1. The maximum absolute atomic E-state index is 11.2. The molecule has 0 N–H and O–H groups in total. The van der Waals surface area contributed by atoms with E-state index in [1.807, 2.05) is 36.4 Å². The van der Waals surface area contributed by atoms with Gasteiger partial charge in [0.1, 0.15) is 5.82 Å². The van der Waals surface area contributed by atoms with Crippen LogP contribution in [0.3, 0.4) is 0 Å². The molecule has 0 spiro atoms. The van der Waals surface area contributed by atoms with E-state index < -0.39 is 0 Å². The van der Waals surface area contributed by atoms with Gasteiger partial charge in [0.15, 0.2) is 0 Å². The smallest absolute Gasteiger partial charge is 0.305 e. The quantitative estimate of drug-likeness (QED) is 0.248. The standard InChI is InChI=1S/C27H26N2O2/c1-31-26(30)17-11-3-2-6-12-21-18-19-24-25(20-21)29(23-15-9-5-10-16-23)27(28-24)22-13-7-4-8-14-22/h4-10,12-16,18-20H,2-3,11,17H2,1H3. The van der Waals surface area contributed by atoms with E-state index in [9.17, 15) is 4.79 Å². The maximum Gasteiger partial charge on any atom is 0.305 e. The van der Waals surface area contributed by atoms with Gasteiger partial charge >= 0.3 is 5.97 Å². The first-order chi connectivity index (χ1) is 15.3. The van der Waals surface area contributed by atoms with Crippen molar-refractivity contribution in [3.8, 4) is 17.1 Å². The van der Waals surface area contributed by atoms with E-state index in [1.54, 1.807) is 0 Å². The van der Waals surface area contributed by atoms with Gasteiger partial charge in [0.2, 0.25) is 0 Å². The fourth-order valence-corrected chi connectivity index (χ4v) is 3.67. The molecule has 0 atom stereocenters. The van der Waals surface area contributed by atoms with Crippen molar-refractivity contribution < 1.29 is 9.53 Å². The average molecular weight is 411 g/mol. The first-order valence-electron chi connectivity index (χ1n) is 10.6. The largest absolute Gasteiger partial charge is 0.469 e. The van der Waals surface area contributed by atoms with E-state index in [0.717, 1.165) is 52.9 Å². The predicted molar refractivity (Wildman–Crippen MR) is 126 cm³/mol. The molecule has 0 saturated carbocycles. The Balaban J connectivity index is 1.63. The molecule has 0 radical (unpaired) electrons. The molecular formula is C27H26N2O2. The van der Waals surface area contributed by atoms with Gasteiger partial charge in [-0.1, -0.05) is 66.7 Å². The van der Waals surface area contributed by atoms with Gasteiger partial charge in [0, 0.05) is 17.7 Å². The molecule has 3 aromatic carbocycles. The van der Waals surface area contributed by atoms with Gasteiger partial charge in [-0.05, 0) is 49.1 Å². The first kappa shape index (κ1) is 20.6. The summed E-state index contributed by atoms with van der Waals surface area (Å²) in [4.78, 5) is 16.1. The lowest BCUT2D eigenvalue weighted by Gasteiger charge is -2.09. The Morgan fingerprint density at radius 1 is 0.968 bits per heavy atom. The lowest BCUT2D eigenvalue weighted by molar-refractivity contribution is -0.140. The highest BCUT2D eigenvalue weighted by Crippen LogP contribution is 2.29. The highest BCUT2D eigenvalue weighted by molar-refractivity contribution is 5.85. The number of aromatic nitrogens is 2. The number of benzene rings is 3. The summed E-state index contributed by atoms with van der Waals surface area (Å²) in [6.45, 7) is 0. The molecule has 31 heavy (non-hydrogen) atoms. The number of para-hydroxylation sites is 1. The molecule has 156 valence electrons. The Kier molecular flexibility index (Phi) is 6.58. The number of rotatable bonds is 8. The Labute approximate surface area is 182 Å². The highest BCUT2D eigenvalue weighted by atomic mass is 16.5. The van der Waals surface area contributed by atoms with Crippen LogP contribution in [-0.4, -0.2) is 22.6 Å². The van der Waals surface area contributed by atoms with Crippen LogP contribution in [-0.2, 0) is 9.53 Å².